The number of carboxylic acid groups (broad SMARTS) is 1. The first kappa shape index (κ1) is 14.0. The number of nitrogens with one attached hydrogen (secondary N) is 1. The molecule has 0 spiro atoms. The molecule has 2 N–H and O–H groups in total. The molecular weight excluding hydrogens is 218 g/mol. The van der Waals surface area contributed by atoms with Crippen molar-refractivity contribution in [3.05, 3.63) is 0 Å². The number of carbonyl (C=O) groups excluding carboxylic acids is 1. The molecule has 0 aromatic carbocycles. The van der Waals surface area contributed by atoms with E-state index < -0.39 is 11.5 Å². The molecule has 0 unspecified atom stereocenters. The van der Waals surface area contributed by atoms with Crippen molar-refractivity contribution in [2.75, 3.05) is 0 Å². The molecule has 0 aromatic heterocycles. The van der Waals surface area contributed by atoms with Crippen LogP contribution in [0.1, 0.15) is 58.8 Å². The van der Waals surface area contributed by atoms with Crippen LogP contribution in [0.3, 0.4) is 0 Å². The van der Waals surface area contributed by atoms with Crippen LogP contribution in [0.5, 0.6) is 0 Å². The molecule has 0 bridgehead atoms. The number of hydrogen-bond acceptors (Lipinski definition) is 2. The second-order valence-electron chi connectivity index (χ2n) is 5.71. The Morgan fingerprint density at radius 2 is 1.82 bits per heavy atom. The Hall–Kier alpha value is -1.06. The molecule has 0 atom stereocenters. The van der Waals surface area contributed by atoms with Crippen molar-refractivity contribution in [2.45, 2.75) is 64.3 Å². The minimum Gasteiger partial charge on any atom is -0.481 e. The van der Waals surface area contributed by atoms with Gasteiger partial charge in [-0.3, -0.25) is 9.59 Å². The highest BCUT2D eigenvalue weighted by molar-refractivity contribution is 5.78. The summed E-state index contributed by atoms with van der Waals surface area (Å²) in [5, 5.41) is 11.5. The highest BCUT2D eigenvalue weighted by Gasteiger charge is 2.25. The lowest BCUT2D eigenvalue weighted by atomic mass is 9.86. The zero-order valence-corrected chi connectivity index (χ0v) is 10.8. The van der Waals surface area contributed by atoms with E-state index in [2.05, 4.69) is 5.32 Å². The number of carboxylic acids is 1. The van der Waals surface area contributed by atoms with Gasteiger partial charge in [0.2, 0.25) is 5.91 Å². The Morgan fingerprint density at radius 3 is 2.35 bits per heavy atom. The number of aliphatic carboxylic acids is 1. The number of rotatable bonds is 5. The average molecular weight is 241 g/mol. The lowest BCUT2D eigenvalue weighted by molar-refractivity contribution is -0.138. The van der Waals surface area contributed by atoms with Crippen LogP contribution < -0.4 is 5.32 Å². The molecule has 1 aliphatic carbocycles. The van der Waals surface area contributed by atoms with Gasteiger partial charge in [0.15, 0.2) is 0 Å². The molecule has 0 radical (unpaired) electrons. The predicted molar refractivity (Wildman–Crippen MR) is 65.7 cm³/mol. The fourth-order valence-electron chi connectivity index (χ4n) is 2.50. The summed E-state index contributed by atoms with van der Waals surface area (Å²) >= 11 is 0. The SMILES string of the molecule is CC(C)(CC(=O)O)NC(=O)CC1CCCCC1. The van der Waals surface area contributed by atoms with E-state index in [0.29, 0.717) is 12.3 Å². The first-order chi connectivity index (χ1) is 7.89. The summed E-state index contributed by atoms with van der Waals surface area (Å²) in [6.45, 7) is 3.50. The molecule has 98 valence electrons. The third-order valence-electron chi connectivity index (χ3n) is 3.27. The number of amides is 1. The zero-order chi connectivity index (χ0) is 12.9. The van der Waals surface area contributed by atoms with Crippen molar-refractivity contribution in [3.63, 3.8) is 0 Å². The Morgan fingerprint density at radius 1 is 1.24 bits per heavy atom. The van der Waals surface area contributed by atoms with Crippen molar-refractivity contribution in [2.24, 2.45) is 5.92 Å². The van der Waals surface area contributed by atoms with E-state index in [9.17, 15) is 9.59 Å². The lowest BCUT2D eigenvalue weighted by Crippen LogP contribution is -2.45. The fourth-order valence-corrected chi connectivity index (χ4v) is 2.50. The average Bonchev–Trinajstić information content (AvgIpc) is 2.15. The van der Waals surface area contributed by atoms with Crippen LogP contribution in [0.4, 0.5) is 0 Å². The third kappa shape index (κ3) is 5.71. The van der Waals surface area contributed by atoms with Gasteiger partial charge in [0.25, 0.3) is 0 Å². The third-order valence-corrected chi connectivity index (χ3v) is 3.27. The van der Waals surface area contributed by atoms with E-state index in [1.165, 1.54) is 19.3 Å². The van der Waals surface area contributed by atoms with Crippen LogP contribution in [-0.4, -0.2) is 22.5 Å². The first-order valence-corrected chi connectivity index (χ1v) is 6.42. The maximum atomic E-state index is 11.8. The van der Waals surface area contributed by atoms with Gasteiger partial charge in [0.1, 0.15) is 0 Å². The highest BCUT2D eigenvalue weighted by Crippen LogP contribution is 2.26. The summed E-state index contributed by atoms with van der Waals surface area (Å²) in [7, 11) is 0. The molecule has 1 aliphatic rings. The zero-order valence-electron chi connectivity index (χ0n) is 10.8. The number of carbonyl (C=O) groups is 2. The minimum absolute atomic E-state index is 0.0110. The van der Waals surface area contributed by atoms with E-state index in [1.54, 1.807) is 13.8 Å². The Labute approximate surface area is 103 Å². The smallest absolute Gasteiger partial charge is 0.305 e. The number of hydrogen-bond donors (Lipinski definition) is 2. The highest BCUT2D eigenvalue weighted by atomic mass is 16.4. The topological polar surface area (TPSA) is 66.4 Å². The summed E-state index contributed by atoms with van der Waals surface area (Å²) in [6.07, 6.45) is 6.49. The van der Waals surface area contributed by atoms with Crippen LogP contribution in [-0.2, 0) is 9.59 Å². The van der Waals surface area contributed by atoms with Gasteiger partial charge >= 0.3 is 5.97 Å². The van der Waals surface area contributed by atoms with Gasteiger partial charge in [0, 0.05) is 12.0 Å². The first-order valence-electron chi connectivity index (χ1n) is 6.42. The quantitative estimate of drug-likeness (QED) is 0.776. The lowest BCUT2D eigenvalue weighted by Gasteiger charge is -2.27. The molecule has 0 saturated heterocycles. The Kier molecular flexibility index (Phi) is 4.97. The van der Waals surface area contributed by atoms with Crippen LogP contribution >= 0.6 is 0 Å². The van der Waals surface area contributed by atoms with E-state index in [4.69, 9.17) is 5.11 Å². The second-order valence-corrected chi connectivity index (χ2v) is 5.71. The van der Waals surface area contributed by atoms with Crippen molar-refractivity contribution in [3.8, 4) is 0 Å². The summed E-state index contributed by atoms with van der Waals surface area (Å²) in [6, 6.07) is 0. The monoisotopic (exact) mass is 241 g/mol. The molecule has 0 aromatic rings. The minimum atomic E-state index is -0.882. The summed E-state index contributed by atoms with van der Waals surface area (Å²) in [5.74, 6) is -0.402. The molecule has 1 amide bonds. The van der Waals surface area contributed by atoms with Crippen LogP contribution in [0.15, 0.2) is 0 Å². The maximum absolute atomic E-state index is 11.8. The molecule has 0 heterocycles. The Balaban J connectivity index is 2.34. The summed E-state index contributed by atoms with van der Waals surface area (Å²) in [5.41, 5.74) is -0.655. The van der Waals surface area contributed by atoms with E-state index in [0.717, 1.165) is 12.8 Å². The predicted octanol–water partition coefficient (Wildman–Crippen LogP) is 2.33. The molecule has 1 saturated carbocycles. The van der Waals surface area contributed by atoms with Crippen molar-refractivity contribution >= 4 is 11.9 Å². The van der Waals surface area contributed by atoms with Gasteiger partial charge in [-0.1, -0.05) is 19.3 Å². The molecule has 4 nitrogen and oxygen atoms in total. The van der Waals surface area contributed by atoms with E-state index >= 15 is 0 Å². The molecule has 0 aliphatic heterocycles. The maximum Gasteiger partial charge on any atom is 0.305 e. The molecule has 4 heteroatoms. The van der Waals surface area contributed by atoms with Crippen molar-refractivity contribution in [1.82, 2.24) is 5.32 Å². The van der Waals surface area contributed by atoms with Gasteiger partial charge in [-0.25, -0.2) is 0 Å². The molecular formula is C13H23NO3. The van der Waals surface area contributed by atoms with Crippen molar-refractivity contribution in [1.29, 1.82) is 0 Å². The Bertz CT molecular complexity index is 280. The van der Waals surface area contributed by atoms with Gasteiger partial charge < -0.3 is 10.4 Å². The molecule has 1 fully saturated rings. The van der Waals surface area contributed by atoms with E-state index in [1.807, 2.05) is 0 Å². The molecule has 1 rings (SSSR count). The van der Waals surface area contributed by atoms with Gasteiger partial charge in [0.05, 0.1) is 6.42 Å². The van der Waals surface area contributed by atoms with Crippen molar-refractivity contribution < 1.29 is 14.7 Å². The largest absolute Gasteiger partial charge is 0.481 e. The normalized spacial score (nSPS) is 17.8. The van der Waals surface area contributed by atoms with Gasteiger partial charge in [-0.15, -0.1) is 0 Å². The van der Waals surface area contributed by atoms with Crippen LogP contribution in [0, 0.1) is 5.92 Å². The standard InChI is InChI=1S/C13H23NO3/c1-13(2,9-12(16)17)14-11(15)8-10-6-4-3-5-7-10/h10H,3-9H2,1-2H3,(H,14,15)(H,16,17). The van der Waals surface area contributed by atoms with Crippen LogP contribution in [0.25, 0.3) is 0 Å². The summed E-state index contributed by atoms with van der Waals surface area (Å²) in [4.78, 5) is 22.4. The van der Waals surface area contributed by atoms with E-state index in [-0.39, 0.29) is 12.3 Å². The second kappa shape index (κ2) is 6.03. The fraction of sp³-hybridized carbons (Fsp3) is 0.846. The molecule has 17 heavy (non-hydrogen) atoms. The summed E-state index contributed by atoms with van der Waals surface area (Å²) < 4.78 is 0. The van der Waals surface area contributed by atoms with Crippen LogP contribution in [0.2, 0.25) is 0 Å². The van der Waals surface area contributed by atoms with Gasteiger partial charge in [-0.05, 0) is 32.6 Å². The van der Waals surface area contributed by atoms with Gasteiger partial charge in [-0.2, -0.15) is 0 Å².